The molecule has 1 aromatic carbocycles. The molecule has 20 heavy (non-hydrogen) atoms. The van der Waals surface area contributed by atoms with Crippen LogP contribution in [0.5, 0.6) is 0 Å². The minimum Gasteiger partial charge on any atom is -0.382 e. The fourth-order valence-corrected chi connectivity index (χ4v) is 3.32. The topological polar surface area (TPSA) is 58.4 Å². The number of amides is 1. The molecule has 108 valence electrons. The zero-order valence-electron chi connectivity index (χ0n) is 12.1. The summed E-state index contributed by atoms with van der Waals surface area (Å²) in [6, 6.07) is 7.29. The van der Waals surface area contributed by atoms with Crippen LogP contribution in [-0.2, 0) is 11.2 Å². The molecule has 1 aromatic rings. The zero-order chi connectivity index (χ0) is 14.1. The summed E-state index contributed by atoms with van der Waals surface area (Å²) in [5.74, 6) is 0.130. The first-order valence-electron chi connectivity index (χ1n) is 7.56. The Hall–Kier alpha value is -1.55. The molecule has 0 radical (unpaired) electrons. The Balaban J connectivity index is 1.69. The second-order valence-electron chi connectivity index (χ2n) is 6.02. The Morgan fingerprint density at radius 2 is 2.05 bits per heavy atom. The highest BCUT2D eigenvalue weighted by Crippen LogP contribution is 2.31. The van der Waals surface area contributed by atoms with Crippen LogP contribution in [0.4, 0.5) is 11.4 Å². The van der Waals surface area contributed by atoms with Crippen molar-refractivity contribution in [1.29, 1.82) is 0 Å². The maximum Gasteiger partial charge on any atom is 0.223 e. The molecule has 3 rings (SSSR count). The smallest absolute Gasteiger partial charge is 0.223 e. The zero-order valence-corrected chi connectivity index (χ0v) is 12.1. The molecular weight excluding hydrogens is 250 g/mol. The summed E-state index contributed by atoms with van der Waals surface area (Å²) >= 11 is 0. The minimum atomic E-state index is 0.130. The van der Waals surface area contributed by atoms with E-state index in [9.17, 15) is 4.79 Å². The quantitative estimate of drug-likeness (QED) is 0.869. The number of fused-ring (bicyclic) bond motifs is 1. The molecule has 0 saturated heterocycles. The molecule has 1 aliphatic heterocycles. The van der Waals surface area contributed by atoms with Crippen LogP contribution >= 0.6 is 0 Å². The highest BCUT2D eigenvalue weighted by Gasteiger charge is 2.23. The van der Waals surface area contributed by atoms with Crippen LogP contribution in [0.2, 0.25) is 0 Å². The Kier molecular flexibility index (Phi) is 3.66. The summed E-state index contributed by atoms with van der Waals surface area (Å²) in [5.41, 5.74) is 9.47. The van der Waals surface area contributed by atoms with Gasteiger partial charge in [0.15, 0.2) is 0 Å². The molecule has 0 unspecified atom stereocenters. The number of rotatable bonds is 2. The van der Waals surface area contributed by atoms with Crippen molar-refractivity contribution in [3.8, 4) is 0 Å². The van der Waals surface area contributed by atoms with Gasteiger partial charge >= 0.3 is 0 Å². The first-order chi connectivity index (χ1) is 9.63. The third-order valence-electron chi connectivity index (χ3n) is 4.50. The SMILES string of the molecule is CC(=O)N1CCc2cc(NC3CCC(N)CC3)ccc21. The normalized spacial score (nSPS) is 25.4. The number of benzene rings is 1. The van der Waals surface area contributed by atoms with Gasteiger partial charge in [-0.05, 0) is 55.9 Å². The number of carbonyl (C=O) groups excluding carboxylic acids is 1. The Morgan fingerprint density at radius 1 is 1.30 bits per heavy atom. The second-order valence-corrected chi connectivity index (χ2v) is 6.02. The first kappa shape index (κ1) is 13.4. The van der Waals surface area contributed by atoms with Gasteiger partial charge in [0.05, 0.1) is 0 Å². The van der Waals surface area contributed by atoms with Crippen LogP contribution in [0.3, 0.4) is 0 Å². The van der Waals surface area contributed by atoms with Crippen molar-refractivity contribution in [2.45, 2.75) is 51.1 Å². The third kappa shape index (κ3) is 2.66. The minimum absolute atomic E-state index is 0.130. The van der Waals surface area contributed by atoms with Crippen molar-refractivity contribution in [3.05, 3.63) is 23.8 Å². The molecule has 1 saturated carbocycles. The highest BCUT2D eigenvalue weighted by molar-refractivity contribution is 5.94. The molecule has 1 fully saturated rings. The van der Waals surface area contributed by atoms with Gasteiger partial charge < -0.3 is 16.0 Å². The number of anilines is 2. The molecule has 0 bridgehead atoms. The van der Waals surface area contributed by atoms with Gasteiger partial charge in [-0.1, -0.05) is 0 Å². The molecule has 2 aliphatic rings. The predicted molar refractivity (Wildman–Crippen MR) is 82.0 cm³/mol. The molecule has 4 nitrogen and oxygen atoms in total. The number of nitrogens with zero attached hydrogens (tertiary/aromatic N) is 1. The van der Waals surface area contributed by atoms with Gasteiger partial charge in [-0.25, -0.2) is 0 Å². The summed E-state index contributed by atoms with van der Waals surface area (Å²) in [5, 5.41) is 3.62. The molecule has 0 spiro atoms. The lowest BCUT2D eigenvalue weighted by Gasteiger charge is -2.27. The van der Waals surface area contributed by atoms with E-state index in [2.05, 4.69) is 23.5 Å². The highest BCUT2D eigenvalue weighted by atomic mass is 16.2. The monoisotopic (exact) mass is 273 g/mol. The number of hydrogen-bond acceptors (Lipinski definition) is 3. The average molecular weight is 273 g/mol. The van der Waals surface area contributed by atoms with E-state index < -0.39 is 0 Å². The van der Waals surface area contributed by atoms with Crippen LogP contribution in [-0.4, -0.2) is 24.5 Å². The van der Waals surface area contributed by atoms with E-state index in [1.54, 1.807) is 6.92 Å². The fourth-order valence-electron chi connectivity index (χ4n) is 3.32. The van der Waals surface area contributed by atoms with Gasteiger partial charge in [0, 0.05) is 36.9 Å². The molecule has 1 heterocycles. The van der Waals surface area contributed by atoms with Crippen LogP contribution in [0.25, 0.3) is 0 Å². The van der Waals surface area contributed by atoms with Gasteiger partial charge in [0.25, 0.3) is 0 Å². The van der Waals surface area contributed by atoms with Crippen molar-refractivity contribution in [2.75, 3.05) is 16.8 Å². The fraction of sp³-hybridized carbons (Fsp3) is 0.562. The first-order valence-corrected chi connectivity index (χ1v) is 7.56. The van der Waals surface area contributed by atoms with E-state index in [0.29, 0.717) is 12.1 Å². The average Bonchev–Trinajstić information content (AvgIpc) is 2.84. The predicted octanol–water partition coefficient (Wildman–Crippen LogP) is 2.28. The maximum absolute atomic E-state index is 11.5. The van der Waals surface area contributed by atoms with Gasteiger partial charge in [-0.3, -0.25) is 4.79 Å². The van der Waals surface area contributed by atoms with Gasteiger partial charge in [0.2, 0.25) is 5.91 Å². The largest absolute Gasteiger partial charge is 0.382 e. The van der Waals surface area contributed by atoms with E-state index in [1.807, 2.05) is 4.90 Å². The molecule has 1 aliphatic carbocycles. The number of hydrogen-bond donors (Lipinski definition) is 2. The van der Waals surface area contributed by atoms with E-state index in [-0.39, 0.29) is 5.91 Å². The van der Waals surface area contributed by atoms with Crippen molar-refractivity contribution >= 4 is 17.3 Å². The molecule has 4 heteroatoms. The van der Waals surface area contributed by atoms with E-state index in [1.165, 1.54) is 11.3 Å². The van der Waals surface area contributed by atoms with Gasteiger partial charge in [-0.15, -0.1) is 0 Å². The number of nitrogens with two attached hydrogens (primary N) is 1. The van der Waals surface area contributed by atoms with Crippen LogP contribution in [0.15, 0.2) is 18.2 Å². The Morgan fingerprint density at radius 3 is 2.75 bits per heavy atom. The number of carbonyl (C=O) groups is 1. The molecule has 0 atom stereocenters. The standard InChI is InChI=1S/C16H23N3O/c1-11(20)19-9-8-12-10-15(6-7-16(12)19)18-14-4-2-13(17)3-5-14/h6-7,10,13-14,18H,2-5,8-9,17H2,1H3. The molecule has 0 aromatic heterocycles. The second kappa shape index (κ2) is 5.44. The lowest BCUT2D eigenvalue weighted by atomic mass is 9.91. The van der Waals surface area contributed by atoms with Crippen molar-refractivity contribution < 1.29 is 4.79 Å². The van der Waals surface area contributed by atoms with Crippen LogP contribution in [0, 0.1) is 0 Å². The molecule has 3 N–H and O–H groups in total. The van der Waals surface area contributed by atoms with Crippen molar-refractivity contribution in [2.24, 2.45) is 5.73 Å². The maximum atomic E-state index is 11.5. The summed E-state index contributed by atoms with van der Waals surface area (Å²) in [6.07, 6.45) is 5.48. The van der Waals surface area contributed by atoms with Crippen molar-refractivity contribution in [1.82, 2.24) is 0 Å². The summed E-state index contributed by atoms with van der Waals surface area (Å²) in [4.78, 5) is 13.4. The molecular formula is C16H23N3O. The lowest BCUT2D eigenvalue weighted by molar-refractivity contribution is -0.116. The Bertz CT molecular complexity index is 506. The van der Waals surface area contributed by atoms with E-state index >= 15 is 0 Å². The van der Waals surface area contributed by atoms with Crippen LogP contribution in [0.1, 0.15) is 38.2 Å². The Labute approximate surface area is 120 Å². The van der Waals surface area contributed by atoms with Gasteiger partial charge in [-0.2, -0.15) is 0 Å². The third-order valence-corrected chi connectivity index (χ3v) is 4.50. The van der Waals surface area contributed by atoms with Crippen molar-refractivity contribution in [3.63, 3.8) is 0 Å². The lowest BCUT2D eigenvalue weighted by Crippen LogP contribution is -2.32. The van der Waals surface area contributed by atoms with E-state index in [0.717, 1.165) is 44.3 Å². The summed E-state index contributed by atoms with van der Waals surface area (Å²) < 4.78 is 0. The van der Waals surface area contributed by atoms with Gasteiger partial charge in [0.1, 0.15) is 0 Å². The summed E-state index contributed by atoms with van der Waals surface area (Å²) in [7, 11) is 0. The van der Waals surface area contributed by atoms with E-state index in [4.69, 9.17) is 5.73 Å². The molecule has 1 amide bonds. The van der Waals surface area contributed by atoms with Crippen LogP contribution < -0.4 is 16.0 Å². The summed E-state index contributed by atoms with van der Waals surface area (Å²) in [6.45, 7) is 2.44. The number of nitrogens with one attached hydrogen (secondary N) is 1.